The van der Waals surface area contributed by atoms with Gasteiger partial charge in [0.25, 0.3) is 0 Å². The van der Waals surface area contributed by atoms with Crippen LogP contribution in [0.1, 0.15) is 25.3 Å². The number of sulfonamides is 1. The number of unbranched alkanes of at least 4 members (excludes halogenated alkanes) is 1. The highest BCUT2D eigenvalue weighted by molar-refractivity contribution is 9.11. The molecule has 6 heteroatoms. The van der Waals surface area contributed by atoms with Crippen LogP contribution in [0.5, 0.6) is 0 Å². The van der Waals surface area contributed by atoms with Crippen molar-refractivity contribution in [2.45, 2.75) is 26.3 Å². The van der Waals surface area contributed by atoms with E-state index in [9.17, 15) is 8.42 Å². The highest BCUT2D eigenvalue weighted by atomic mass is 79.9. The van der Waals surface area contributed by atoms with E-state index >= 15 is 0 Å². The highest BCUT2D eigenvalue weighted by Gasteiger charge is 2.17. The van der Waals surface area contributed by atoms with E-state index in [-0.39, 0.29) is 5.75 Å². The van der Waals surface area contributed by atoms with Gasteiger partial charge in [0.2, 0.25) is 10.0 Å². The van der Waals surface area contributed by atoms with E-state index in [0.717, 1.165) is 22.2 Å². The summed E-state index contributed by atoms with van der Waals surface area (Å²) >= 11 is 4.94. The Balaban J connectivity index is 2.61. The molecule has 0 aliphatic heterocycles. The summed E-state index contributed by atoms with van der Waals surface area (Å²) in [5, 5.41) is 1.97. The summed E-state index contributed by atoms with van der Waals surface area (Å²) in [6.45, 7) is 2.44. The fourth-order valence-electron chi connectivity index (χ4n) is 1.27. The van der Waals surface area contributed by atoms with Crippen molar-refractivity contribution in [1.29, 1.82) is 0 Å². The average molecular weight is 326 g/mol. The average Bonchev–Trinajstić information content (AvgIpc) is 2.61. The summed E-state index contributed by atoms with van der Waals surface area (Å²) in [6, 6.07) is 1.95. The van der Waals surface area contributed by atoms with Gasteiger partial charge in [0, 0.05) is 13.6 Å². The molecule has 0 saturated carbocycles. The van der Waals surface area contributed by atoms with Gasteiger partial charge in [-0.2, -0.15) is 0 Å². The van der Waals surface area contributed by atoms with Crippen LogP contribution in [0.15, 0.2) is 15.2 Å². The zero-order valence-corrected chi connectivity index (χ0v) is 12.7. The van der Waals surface area contributed by atoms with E-state index in [1.54, 1.807) is 18.4 Å². The lowest BCUT2D eigenvalue weighted by Crippen LogP contribution is -2.28. The summed E-state index contributed by atoms with van der Waals surface area (Å²) in [6.07, 6.45) is 1.62. The molecule has 0 aliphatic rings. The molecule has 0 amide bonds. The molecule has 0 aromatic carbocycles. The lowest BCUT2D eigenvalue weighted by Gasteiger charge is -2.16. The molecule has 0 fully saturated rings. The molecule has 0 N–H and O–H groups in total. The molecule has 0 radical (unpaired) electrons. The second-order valence-corrected chi connectivity index (χ2v) is 8.17. The van der Waals surface area contributed by atoms with E-state index in [4.69, 9.17) is 0 Å². The quantitative estimate of drug-likeness (QED) is 0.806. The molecule has 16 heavy (non-hydrogen) atoms. The molecule has 3 nitrogen and oxygen atoms in total. The maximum Gasteiger partial charge on any atom is 0.214 e. The van der Waals surface area contributed by atoms with Crippen LogP contribution in [0.2, 0.25) is 0 Å². The molecule has 0 unspecified atom stereocenters. The minimum absolute atomic E-state index is 0.241. The van der Waals surface area contributed by atoms with Crippen LogP contribution in [-0.4, -0.2) is 25.5 Å². The Hall–Kier alpha value is 0.0900. The molecule has 0 saturated heterocycles. The Bertz CT molecular complexity index is 428. The van der Waals surface area contributed by atoms with Crippen LogP contribution < -0.4 is 0 Å². The Morgan fingerprint density at radius 1 is 1.50 bits per heavy atom. The molecule has 1 aromatic rings. The third-order valence-corrected chi connectivity index (χ3v) is 5.69. The Labute approximate surface area is 110 Å². The van der Waals surface area contributed by atoms with E-state index in [1.165, 1.54) is 4.31 Å². The zero-order chi connectivity index (χ0) is 12.2. The molecular weight excluding hydrogens is 310 g/mol. The SMILES string of the molecule is CCCCS(=O)(=O)N(C)Cc1csc(Br)c1. The largest absolute Gasteiger partial charge is 0.214 e. The van der Waals surface area contributed by atoms with Crippen LogP contribution in [0.3, 0.4) is 0 Å². The van der Waals surface area contributed by atoms with Crippen molar-refractivity contribution in [1.82, 2.24) is 4.31 Å². The van der Waals surface area contributed by atoms with Crippen molar-refractivity contribution < 1.29 is 8.42 Å². The van der Waals surface area contributed by atoms with Gasteiger partial charge in [-0.25, -0.2) is 12.7 Å². The summed E-state index contributed by atoms with van der Waals surface area (Å²) in [5.41, 5.74) is 1.03. The zero-order valence-electron chi connectivity index (χ0n) is 9.44. The normalized spacial score (nSPS) is 12.2. The molecule has 0 bridgehead atoms. The third-order valence-electron chi connectivity index (χ3n) is 2.26. The number of thiophene rings is 1. The standard InChI is InChI=1S/C10H16BrNO2S2/c1-3-4-5-16(13,14)12(2)7-9-6-10(11)15-8-9/h6,8H,3-5,7H2,1-2H3. The van der Waals surface area contributed by atoms with Crippen molar-refractivity contribution in [2.24, 2.45) is 0 Å². The number of hydrogen-bond donors (Lipinski definition) is 0. The molecule has 1 rings (SSSR count). The van der Waals surface area contributed by atoms with Crippen molar-refractivity contribution in [3.05, 3.63) is 20.8 Å². The maximum absolute atomic E-state index is 11.8. The predicted molar refractivity (Wildman–Crippen MR) is 72.2 cm³/mol. The Morgan fingerprint density at radius 3 is 2.69 bits per heavy atom. The van der Waals surface area contributed by atoms with Crippen LogP contribution in [0.4, 0.5) is 0 Å². The molecule has 0 aliphatic carbocycles. The van der Waals surface area contributed by atoms with E-state index in [2.05, 4.69) is 15.9 Å². The van der Waals surface area contributed by atoms with Crippen LogP contribution in [0, 0.1) is 0 Å². The lowest BCUT2D eigenvalue weighted by molar-refractivity contribution is 0.465. The van der Waals surface area contributed by atoms with Gasteiger partial charge in [0.05, 0.1) is 9.54 Å². The summed E-state index contributed by atoms with van der Waals surface area (Å²) in [5.74, 6) is 0.241. The predicted octanol–water partition coefficient (Wildman–Crippen LogP) is 3.07. The fourth-order valence-corrected chi connectivity index (χ4v) is 3.78. The first kappa shape index (κ1) is 14.2. The first-order valence-corrected chi connectivity index (χ1v) is 8.41. The number of hydrogen-bond acceptors (Lipinski definition) is 3. The van der Waals surface area contributed by atoms with Gasteiger partial charge in [0.15, 0.2) is 0 Å². The first-order chi connectivity index (χ1) is 7.45. The summed E-state index contributed by atoms with van der Waals surface area (Å²) < 4.78 is 26.1. The van der Waals surface area contributed by atoms with Gasteiger partial charge in [0.1, 0.15) is 0 Å². The fraction of sp³-hybridized carbons (Fsp3) is 0.600. The minimum Gasteiger partial charge on any atom is -0.212 e. The second-order valence-electron chi connectivity index (χ2n) is 3.68. The van der Waals surface area contributed by atoms with E-state index in [1.807, 2.05) is 18.4 Å². The van der Waals surface area contributed by atoms with Crippen molar-refractivity contribution in [2.75, 3.05) is 12.8 Å². The minimum atomic E-state index is -3.09. The van der Waals surface area contributed by atoms with Gasteiger partial charge < -0.3 is 0 Å². The first-order valence-electron chi connectivity index (χ1n) is 5.12. The summed E-state index contributed by atoms with van der Waals surface area (Å²) in [4.78, 5) is 0. The van der Waals surface area contributed by atoms with Crippen molar-refractivity contribution >= 4 is 37.3 Å². The molecule has 1 aromatic heterocycles. The highest BCUT2D eigenvalue weighted by Crippen LogP contribution is 2.22. The molecule has 1 heterocycles. The summed E-state index contributed by atoms with van der Waals surface area (Å²) in [7, 11) is -1.45. The van der Waals surface area contributed by atoms with Gasteiger partial charge in [-0.15, -0.1) is 11.3 Å². The molecular formula is C10H16BrNO2S2. The molecule has 0 atom stereocenters. The number of nitrogens with zero attached hydrogens (tertiary/aromatic N) is 1. The molecule has 92 valence electrons. The number of rotatable bonds is 6. The van der Waals surface area contributed by atoms with Crippen LogP contribution >= 0.6 is 27.3 Å². The van der Waals surface area contributed by atoms with Crippen molar-refractivity contribution in [3.63, 3.8) is 0 Å². The maximum atomic E-state index is 11.8. The van der Waals surface area contributed by atoms with Crippen molar-refractivity contribution in [3.8, 4) is 0 Å². The van der Waals surface area contributed by atoms with Gasteiger partial charge >= 0.3 is 0 Å². The lowest BCUT2D eigenvalue weighted by atomic mass is 10.3. The van der Waals surface area contributed by atoms with E-state index < -0.39 is 10.0 Å². The van der Waals surface area contributed by atoms with E-state index in [0.29, 0.717) is 6.54 Å². The second kappa shape index (κ2) is 6.14. The molecule has 0 spiro atoms. The third kappa shape index (κ3) is 4.16. The van der Waals surface area contributed by atoms with Crippen LogP contribution in [-0.2, 0) is 16.6 Å². The van der Waals surface area contributed by atoms with Gasteiger partial charge in [-0.3, -0.25) is 0 Å². The monoisotopic (exact) mass is 325 g/mol. The Kier molecular flexibility index (Phi) is 5.43. The van der Waals surface area contributed by atoms with Gasteiger partial charge in [-0.1, -0.05) is 13.3 Å². The smallest absolute Gasteiger partial charge is 0.212 e. The van der Waals surface area contributed by atoms with Crippen LogP contribution in [0.25, 0.3) is 0 Å². The van der Waals surface area contributed by atoms with Gasteiger partial charge in [-0.05, 0) is 39.4 Å². The number of halogens is 1. The topological polar surface area (TPSA) is 37.4 Å². The Morgan fingerprint density at radius 2 is 2.19 bits per heavy atom.